The molecule has 0 heterocycles. The van der Waals surface area contributed by atoms with Crippen LogP contribution in [-0.4, -0.2) is 28.2 Å². The van der Waals surface area contributed by atoms with Gasteiger partial charge in [0.1, 0.15) is 0 Å². The van der Waals surface area contributed by atoms with Gasteiger partial charge in [0.25, 0.3) is 0 Å². The molecule has 0 aromatic heterocycles. The van der Waals surface area contributed by atoms with E-state index in [9.17, 15) is 0 Å². The second-order valence-electron chi connectivity index (χ2n) is 0.600. The van der Waals surface area contributed by atoms with Crippen LogP contribution in [0.3, 0.4) is 0 Å². The quantitative estimate of drug-likeness (QED) is 0.284. The molecule has 0 atom stereocenters. The minimum atomic E-state index is -4.61. The predicted molar refractivity (Wildman–Crippen MR) is 19.7 cm³/mol. The van der Waals surface area contributed by atoms with Crippen LogP contribution in [0.25, 0.3) is 0 Å². The van der Waals surface area contributed by atoms with E-state index in [0.29, 0.717) is 0 Å². The third-order valence-corrected chi connectivity index (χ3v) is 0. The van der Waals surface area contributed by atoms with Crippen molar-refractivity contribution >= 4 is 9.05 Å². The van der Waals surface area contributed by atoms with E-state index in [1.807, 2.05) is 0 Å². The first-order valence-electron chi connectivity index (χ1n) is 0.894. The van der Waals surface area contributed by atoms with E-state index >= 15 is 0 Å². The summed E-state index contributed by atoms with van der Waals surface area (Å²) in [6, 6.07) is 0. The first-order valence-corrected chi connectivity index (χ1v) is 2.68. The Bertz CT molecular complexity index is 27.2. The maximum absolute atomic E-state index is 7.33. The van der Waals surface area contributed by atoms with Gasteiger partial charge in [0.05, 0.1) is 0 Å². The molecule has 0 aromatic rings. The minimum absolute atomic E-state index is 0. The smallest absolute Gasteiger partial charge is 0.368 e. The minimum Gasteiger partial charge on any atom is -0.368 e. The first-order chi connectivity index (χ1) is 2.00. The maximum Gasteiger partial charge on any atom is 0.668 e. The molecule has 46 valence electrons. The molecule has 0 spiro atoms. The molecule has 0 radical (unpaired) electrons. The molecule has 0 rings (SSSR count). The Labute approximate surface area is 55.9 Å². The van der Waals surface area contributed by atoms with Crippen molar-refractivity contribution in [1.29, 1.82) is 0 Å². The van der Waals surface area contributed by atoms with Crippen LogP contribution in [0, 0.1) is 0 Å². The third-order valence-electron chi connectivity index (χ3n) is 0. The average Bonchev–Trinajstić information content (AvgIpc) is 0.722. The zero-order chi connectivity index (χ0) is 4.50. The number of hydrogen-bond donors (Lipinski definition) is 5. The molecule has 0 unspecified atom stereocenters. The van der Waals surface area contributed by atoms with Gasteiger partial charge in [0, 0.05) is 21.1 Å². The fourth-order valence-corrected chi connectivity index (χ4v) is 0. The molecule has 0 aliphatic heterocycles. The van der Waals surface area contributed by atoms with Crippen LogP contribution in [0.1, 0.15) is 0 Å². The van der Waals surface area contributed by atoms with Gasteiger partial charge in [-0.1, -0.05) is 0 Å². The summed E-state index contributed by atoms with van der Waals surface area (Å²) in [7, 11) is -4.61. The largest absolute Gasteiger partial charge is 0.668 e. The van der Waals surface area contributed by atoms with Crippen LogP contribution < -0.4 is 6.15 Å². The molecule has 0 fully saturated rings. The monoisotopic (exact) mass is 211 g/mol. The van der Waals surface area contributed by atoms with E-state index in [0.717, 1.165) is 0 Å². The Morgan fingerprint density at radius 2 is 0.857 bits per heavy atom. The Morgan fingerprint density at radius 3 is 0.857 bits per heavy atom. The Kier molecular flexibility index (Phi) is 10.9. The Morgan fingerprint density at radius 1 is 0.857 bits per heavy atom. The summed E-state index contributed by atoms with van der Waals surface area (Å²) in [5.74, 6) is 0. The fraction of sp³-hybridized carbons (Fsp3) is 0. The van der Waals surface area contributed by atoms with Crippen molar-refractivity contribution in [2.24, 2.45) is 0 Å². The molecule has 7 heteroatoms. The van der Waals surface area contributed by atoms with Gasteiger partial charge in [-0.25, -0.2) is 0 Å². The standard InChI is InChI=1S/Mo.H3N.H4O4Si/c;;1-5(2,3)4/h;1H3;1-4H. The molecular formula is H7MoNO4Si. The van der Waals surface area contributed by atoms with E-state index in [2.05, 4.69) is 0 Å². The normalized spacial score (nSPS) is 8.57. The topological polar surface area (TPSA) is 116 Å². The Hall–Kier alpha value is 0.705. The summed E-state index contributed by atoms with van der Waals surface area (Å²) in [4.78, 5) is 29.3. The average molecular weight is 209 g/mol. The van der Waals surface area contributed by atoms with Crippen molar-refractivity contribution in [2.45, 2.75) is 0 Å². The van der Waals surface area contributed by atoms with Crippen LogP contribution in [0.15, 0.2) is 0 Å². The van der Waals surface area contributed by atoms with Crippen LogP contribution in [0.4, 0.5) is 0 Å². The second-order valence-corrected chi connectivity index (χ2v) is 1.80. The van der Waals surface area contributed by atoms with Crippen molar-refractivity contribution < 1.29 is 40.2 Å². The fourth-order valence-electron chi connectivity index (χ4n) is 0. The summed E-state index contributed by atoms with van der Waals surface area (Å²) in [6.07, 6.45) is 0. The van der Waals surface area contributed by atoms with Crippen molar-refractivity contribution in [1.82, 2.24) is 6.15 Å². The molecule has 7 N–H and O–H groups in total. The van der Waals surface area contributed by atoms with Gasteiger partial charge in [0.2, 0.25) is 0 Å². The van der Waals surface area contributed by atoms with Crippen LogP contribution >= 0.6 is 0 Å². The summed E-state index contributed by atoms with van der Waals surface area (Å²) in [5, 5.41) is 0. The van der Waals surface area contributed by atoms with Gasteiger partial charge in [-0.3, -0.25) is 0 Å². The number of hydrogen-bond acceptors (Lipinski definition) is 5. The van der Waals surface area contributed by atoms with E-state index < -0.39 is 9.05 Å². The van der Waals surface area contributed by atoms with Gasteiger partial charge >= 0.3 is 9.05 Å². The molecule has 7 heavy (non-hydrogen) atoms. The SMILES string of the molecule is N.O[Si](O)(O)O.[Mo]. The Balaban J connectivity index is -0.0000000800. The third kappa shape index (κ3) is 299. The first kappa shape index (κ1) is 15.6. The van der Waals surface area contributed by atoms with Gasteiger partial charge in [0.15, 0.2) is 0 Å². The van der Waals surface area contributed by atoms with Crippen molar-refractivity contribution in [3.8, 4) is 0 Å². The van der Waals surface area contributed by atoms with Crippen LogP contribution in [0.5, 0.6) is 0 Å². The summed E-state index contributed by atoms with van der Waals surface area (Å²) < 4.78 is 0. The zero-order valence-corrected chi connectivity index (χ0v) is 6.41. The van der Waals surface area contributed by atoms with E-state index in [1.165, 1.54) is 0 Å². The van der Waals surface area contributed by atoms with Crippen molar-refractivity contribution in [2.75, 3.05) is 0 Å². The molecule has 0 saturated carbocycles. The molecule has 0 aromatic carbocycles. The van der Waals surface area contributed by atoms with Gasteiger partial charge in [-0.05, 0) is 0 Å². The molecule has 5 nitrogen and oxygen atoms in total. The summed E-state index contributed by atoms with van der Waals surface area (Å²) in [6.45, 7) is 0. The van der Waals surface area contributed by atoms with E-state index in [1.54, 1.807) is 0 Å². The van der Waals surface area contributed by atoms with E-state index in [4.69, 9.17) is 19.2 Å². The molecule has 0 aliphatic carbocycles. The summed E-state index contributed by atoms with van der Waals surface area (Å²) in [5.41, 5.74) is 0. The van der Waals surface area contributed by atoms with Crippen LogP contribution in [-0.2, 0) is 21.1 Å². The second kappa shape index (κ2) is 4.85. The summed E-state index contributed by atoms with van der Waals surface area (Å²) >= 11 is 0. The zero-order valence-electron chi connectivity index (χ0n) is 3.40. The predicted octanol–water partition coefficient (Wildman–Crippen LogP) is -2.45. The molecular weight excluding hydrogens is 202 g/mol. The van der Waals surface area contributed by atoms with Gasteiger partial charge < -0.3 is 25.3 Å². The molecule has 0 amide bonds. The maximum atomic E-state index is 7.33. The molecule has 0 saturated heterocycles. The van der Waals surface area contributed by atoms with Crippen molar-refractivity contribution in [3.05, 3.63) is 0 Å². The molecule has 0 bridgehead atoms. The van der Waals surface area contributed by atoms with E-state index in [-0.39, 0.29) is 27.2 Å². The number of rotatable bonds is 0. The van der Waals surface area contributed by atoms with Gasteiger partial charge in [-0.15, -0.1) is 0 Å². The van der Waals surface area contributed by atoms with Crippen LogP contribution in [0.2, 0.25) is 0 Å². The molecule has 0 aliphatic rings. The van der Waals surface area contributed by atoms with Crippen molar-refractivity contribution in [3.63, 3.8) is 0 Å². The van der Waals surface area contributed by atoms with Gasteiger partial charge in [-0.2, -0.15) is 0 Å².